The zero-order valence-electron chi connectivity index (χ0n) is 8.86. The number of nitro benzene ring substituents is 1. The quantitative estimate of drug-likeness (QED) is 0.484. The van der Waals surface area contributed by atoms with Gasteiger partial charge < -0.3 is 4.74 Å². The van der Waals surface area contributed by atoms with Gasteiger partial charge in [0.05, 0.1) is 17.7 Å². The lowest BCUT2D eigenvalue weighted by Crippen LogP contribution is -2.16. The van der Waals surface area contributed by atoms with Gasteiger partial charge in [0.15, 0.2) is 5.75 Å². The van der Waals surface area contributed by atoms with E-state index in [1.807, 2.05) is 0 Å². The van der Waals surface area contributed by atoms with Gasteiger partial charge in [-0.15, -0.1) is 0 Å². The molecule has 0 unspecified atom stereocenters. The molecule has 1 aromatic carbocycles. The summed E-state index contributed by atoms with van der Waals surface area (Å²) in [5.41, 5.74) is -0.782. The number of halogens is 4. The van der Waals surface area contributed by atoms with Crippen LogP contribution in [0.25, 0.3) is 0 Å². The Bertz CT molecular complexity index is 502. The minimum Gasteiger partial charge on any atom is -0.490 e. The molecule has 0 radical (unpaired) electrons. The van der Waals surface area contributed by atoms with Gasteiger partial charge in [-0.3, -0.25) is 10.1 Å². The van der Waals surface area contributed by atoms with E-state index in [0.717, 1.165) is 18.2 Å². The molecule has 0 spiro atoms. The van der Waals surface area contributed by atoms with Crippen LogP contribution in [0.2, 0.25) is 0 Å². The van der Waals surface area contributed by atoms with Gasteiger partial charge in [-0.05, 0) is 12.1 Å². The van der Waals surface area contributed by atoms with Crippen LogP contribution in [0.1, 0.15) is 0 Å². The molecule has 0 aliphatic heterocycles. The SMILES string of the molecule is COc1ccc(N=C(Cl)C(F)(F)F)cc1[N+](=O)[O-]. The van der Waals surface area contributed by atoms with Crippen molar-refractivity contribution < 1.29 is 22.8 Å². The third-order valence-electron chi connectivity index (χ3n) is 1.82. The van der Waals surface area contributed by atoms with E-state index in [4.69, 9.17) is 11.6 Å². The summed E-state index contributed by atoms with van der Waals surface area (Å²) in [5.74, 6) is -0.0814. The summed E-state index contributed by atoms with van der Waals surface area (Å²) in [6.45, 7) is 0. The van der Waals surface area contributed by atoms with Gasteiger partial charge in [0.25, 0.3) is 0 Å². The van der Waals surface area contributed by atoms with Gasteiger partial charge in [-0.25, -0.2) is 4.99 Å². The Morgan fingerprint density at radius 1 is 1.50 bits per heavy atom. The molecular weight excluding hydrogens is 277 g/mol. The Labute approximate surface area is 104 Å². The van der Waals surface area contributed by atoms with E-state index in [1.54, 1.807) is 0 Å². The van der Waals surface area contributed by atoms with Crippen molar-refractivity contribution in [2.45, 2.75) is 6.18 Å². The van der Waals surface area contributed by atoms with Gasteiger partial charge in [0, 0.05) is 6.07 Å². The summed E-state index contributed by atoms with van der Waals surface area (Å²) in [6, 6.07) is 3.10. The second-order valence-corrected chi connectivity index (χ2v) is 3.37. The Morgan fingerprint density at radius 2 is 2.11 bits per heavy atom. The molecule has 9 heteroatoms. The number of ether oxygens (including phenoxy) is 1. The van der Waals surface area contributed by atoms with E-state index in [2.05, 4.69) is 9.73 Å². The number of hydrogen-bond acceptors (Lipinski definition) is 4. The third kappa shape index (κ3) is 3.33. The van der Waals surface area contributed by atoms with E-state index in [1.165, 1.54) is 7.11 Å². The molecule has 1 aromatic rings. The van der Waals surface area contributed by atoms with Gasteiger partial charge in [-0.1, -0.05) is 11.6 Å². The molecule has 0 heterocycles. The molecule has 1 rings (SSSR count). The highest BCUT2D eigenvalue weighted by atomic mass is 35.5. The molecule has 0 bridgehead atoms. The van der Waals surface area contributed by atoms with Crippen LogP contribution >= 0.6 is 11.6 Å². The average molecular weight is 283 g/mol. The first-order valence-electron chi connectivity index (χ1n) is 4.39. The minimum atomic E-state index is -4.80. The second-order valence-electron chi connectivity index (χ2n) is 3.01. The normalized spacial score (nSPS) is 12.4. The van der Waals surface area contributed by atoms with Crippen LogP contribution in [-0.2, 0) is 0 Å². The van der Waals surface area contributed by atoms with Crippen molar-refractivity contribution in [2.24, 2.45) is 4.99 Å². The van der Waals surface area contributed by atoms with Crippen LogP contribution in [0.3, 0.4) is 0 Å². The van der Waals surface area contributed by atoms with Crippen LogP contribution in [0.5, 0.6) is 5.75 Å². The monoisotopic (exact) mass is 282 g/mol. The van der Waals surface area contributed by atoms with Crippen molar-refractivity contribution in [1.82, 2.24) is 0 Å². The number of methoxy groups -OCH3 is 1. The second kappa shape index (κ2) is 5.21. The third-order valence-corrected chi connectivity index (χ3v) is 2.12. The van der Waals surface area contributed by atoms with Crippen molar-refractivity contribution in [3.63, 3.8) is 0 Å². The molecular formula is C9H6ClF3N2O3. The molecule has 0 aromatic heterocycles. The van der Waals surface area contributed by atoms with E-state index >= 15 is 0 Å². The van der Waals surface area contributed by atoms with Crippen molar-refractivity contribution in [3.8, 4) is 5.75 Å². The summed E-state index contributed by atoms with van der Waals surface area (Å²) in [4.78, 5) is 12.9. The maximum Gasteiger partial charge on any atom is 0.444 e. The summed E-state index contributed by atoms with van der Waals surface area (Å²) in [6.07, 6.45) is -4.80. The predicted octanol–water partition coefficient (Wildman–Crippen LogP) is 3.43. The molecule has 98 valence electrons. The predicted molar refractivity (Wildman–Crippen MR) is 58.7 cm³/mol. The maximum atomic E-state index is 12.1. The topological polar surface area (TPSA) is 64.7 Å². The van der Waals surface area contributed by atoms with E-state index in [0.29, 0.717) is 0 Å². The maximum absolute atomic E-state index is 12.1. The van der Waals surface area contributed by atoms with E-state index in [-0.39, 0.29) is 11.4 Å². The first-order chi connectivity index (χ1) is 8.25. The van der Waals surface area contributed by atoms with Crippen LogP contribution in [0.4, 0.5) is 24.5 Å². The number of nitrogens with zero attached hydrogens (tertiary/aromatic N) is 2. The first-order valence-corrected chi connectivity index (χ1v) is 4.77. The fraction of sp³-hybridized carbons (Fsp3) is 0.222. The molecule has 0 aliphatic rings. The molecule has 0 aliphatic carbocycles. The van der Waals surface area contributed by atoms with Crippen LogP contribution in [-0.4, -0.2) is 23.4 Å². The summed E-state index contributed by atoms with van der Waals surface area (Å²) < 4.78 is 41.0. The fourth-order valence-corrected chi connectivity index (χ4v) is 1.16. The van der Waals surface area contributed by atoms with Gasteiger partial charge >= 0.3 is 11.9 Å². The largest absolute Gasteiger partial charge is 0.490 e. The molecule has 0 saturated carbocycles. The number of alkyl halides is 3. The Morgan fingerprint density at radius 3 is 2.56 bits per heavy atom. The van der Waals surface area contributed by atoms with Crippen molar-refractivity contribution in [3.05, 3.63) is 28.3 Å². The summed E-state index contributed by atoms with van der Waals surface area (Å²) in [7, 11) is 1.20. The molecule has 0 saturated heterocycles. The van der Waals surface area contributed by atoms with Crippen LogP contribution in [0.15, 0.2) is 23.2 Å². The number of benzene rings is 1. The lowest BCUT2D eigenvalue weighted by molar-refractivity contribution is -0.385. The summed E-state index contributed by atoms with van der Waals surface area (Å²) >= 11 is 4.92. The molecule has 0 amide bonds. The van der Waals surface area contributed by atoms with Crippen molar-refractivity contribution in [1.29, 1.82) is 0 Å². The zero-order chi connectivity index (χ0) is 13.9. The van der Waals surface area contributed by atoms with Crippen LogP contribution in [0, 0.1) is 10.1 Å². The van der Waals surface area contributed by atoms with Crippen molar-refractivity contribution >= 4 is 28.1 Å². The van der Waals surface area contributed by atoms with E-state index in [9.17, 15) is 23.3 Å². The highest BCUT2D eigenvalue weighted by Gasteiger charge is 2.34. The van der Waals surface area contributed by atoms with Gasteiger partial charge in [-0.2, -0.15) is 13.2 Å². The Kier molecular flexibility index (Phi) is 4.12. The lowest BCUT2D eigenvalue weighted by atomic mass is 10.2. The lowest BCUT2D eigenvalue weighted by Gasteiger charge is -2.04. The summed E-state index contributed by atoms with van der Waals surface area (Å²) in [5, 5.41) is 9.03. The molecule has 0 fully saturated rings. The van der Waals surface area contributed by atoms with Crippen LogP contribution < -0.4 is 4.74 Å². The van der Waals surface area contributed by atoms with E-state index < -0.39 is 22.0 Å². The number of hydrogen-bond donors (Lipinski definition) is 0. The highest BCUT2D eigenvalue weighted by molar-refractivity contribution is 6.67. The van der Waals surface area contributed by atoms with Gasteiger partial charge in [0.2, 0.25) is 5.17 Å². The average Bonchev–Trinajstić information content (AvgIpc) is 2.27. The first kappa shape index (κ1) is 14.2. The molecule has 0 N–H and O–H groups in total. The molecule has 18 heavy (non-hydrogen) atoms. The fourth-order valence-electron chi connectivity index (χ4n) is 1.07. The van der Waals surface area contributed by atoms with Gasteiger partial charge in [0.1, 0.15) is 0 Å². The molecule has 5 nitrogen and oxygen atoms in total. The number of rotatable bonds is 3. The highest BCUT2D eigenvalue weighted by Crippen LogP contribution is 2.32. The minimum absolute atomic E-state index is 0.0814. The zero-order valence-corrected chi connectivity index (χ0v) is 9.62. The smallest absolute Gasteiger partial charge is 0.444 e. The Hall–Kier alpha value is -1.83. The standard InChI is InChI=1S/C9H6ClF3N2O3/c1-18-7-3-2-5(4-6(7)15(16)17)14-8(10)9(11,12)13/h2-4H,1H3. The van der Waals surface area contributed by atoms with Crippen molar-refractivity contribution in [2.75, 3.05) is 7.11 Å². The Balaban J connectivity index is 3.21. The number of nitro groups is 1. The number of aliphatic imine (C=N–C) groups is 1. The molecule has 0 atom stereocenters.